The number of anilines is 1. The minimum atomic E-state index is -0.0765. The number of benzene rings is 2. The Morgan fingerprint density at radius 2 is 1.52 bits per heavy atom. The minimum absolute atomic E-state index is 0.000368. The number of carbonyl (C=O) groups is 2. The molecule has 0 spiro atoms. The van der Waals surface area contributed by atoms with Crippen LogP contribution in [-0.2, 0) is 4.79 Å². The highest BCUT2D eigenvalue weighted by Gasteiger charge is 2.39. The molecule has 0 radical (unpaired) electrons. The Morgan fingerprint density at radius 1 is 0.828 bits per heavy atom. The van der Waals surface area contributed by atoms with Crippen LogP contribution in [0.2, 0.25) is 0 Å². The van der Waals surface area contributed by atoms with Gasteiger partial charge in [0.25, 0.3) is 5.91 Å². The van der Waals surface area contributed by atoms with Crippen LogP contribution in [0.3, 0.4) is 0 Å². The van der Waals surface area contributed by atoms with Crippen molar-refractivity contribution in [2.24, 2.45) is 5.92 Å². The Kier molecular flexibility index (Phi) is 4.46. The van der Waals surface area contributed by atoms with Crippen molar-refractivity contribution >= 4 is 28.4 Å². The third-order valence-corrected chi connectivity index (χ3v) is 6.05. The van der Waals surface area contributed by atoms with Gasteiger partial charge in [-0.1, -0.05) is 36.4 Å². The minimum Gasteiger partial charge on any atom is -0.368 e. The Bertz CT molecular complexity index is 1030. The van der Waals surface area contributed by atoms with E-state index in [0.29, 0.717) is 18.7 Å². The molecule has 1 N–H and O–H groups in total. The van der Waals surface area contributed by atoms with E-state index in [1.807, 2.05) is 47.4 Å². The number of hydrogen-bond donors (Lipinski definition) is 1. The molecule has 5 rings (SSSR count). The van der Waals surface area contributed by atoms with Crippen LogP contribution in [0.5, 0.6) is 0 Å². The highest BCUT2D eigenvalue weighted by molar-refractivity contribution is 6.07. The quantitative estimate of drug-likeness (QED) is 0.750. The molecule has 0 aliphatic carbocycles. The molecule has 2 aliphatic heterocycles. The molecule has 2 aromatic carbocycles. The molecule has 1 aromatic heterocycles. The van der Waals surface area contributed by atoms with E-state index < -0.39 is 0 Å². The molecule has 3 heterocycles. The van der Waals surface area contributed by atoms with Crippen molar-refractivity contribution in [3.63, 3.8) is 0 Å². The largest absolute Gasteiger partial charge is 0.368 e. The van der Waals surface area contributed by atoms with Crippen LogP contribution in [-0.4, -0.2) is 65.9 Å². The van der Waals surface area contributed by atoms with Crippen LogP contribution in [0.1, 0.15) is 10.4 Å². The highest BCUT2D eigenvalue weighted by Crippen LogP contribution is 2.25. The van der Waals surface area contributed by atoms with Crippen LogP contribution in [0, 0.1) is 5.92 Å². The molecule has 0 saturated carbocycles. The number of para-hydroxylation sites is 2. The zero-order valence-electron chi connectivity index (χ0n) is 16.3. The third-order valence-electron chi connectivity index (χ3n) is 6.05. The molecule has 148 valence electrons. The van der Waals surface area contributed by atoms with Crippen molar-refractivity contribution in [1.29, 1.82) is 0 Å². The third kappa shape index (κ3) is 3.24. The second-order valence-electron chi connectivity index (χ2n) is 7.80. The fourth-order valence-electron chi connectivity index (χ4n) is 4.30. The van der Waals surface area contributed by atoms with Gasteiger partial charge in [-0.2, -0.15) is 0 Å². The molecule has 0 unspecified atom stereocenters. The molecule has 0 atom stereocenters. The number of nitrogens with zero attached hydrogens (tertiary/aromatic N) is 3. The number of amides is 2. The number of hydrogen-bond acceptors (Lipinski definition) is 3. The first kappa shape index (κ1) is 17.8. The van der Waals surface area contributed by atoms with E-state index in [4.69, 9.17) is 0 Å². The van der Waals surface area contributed by atoms with Crippen molar-refractivity contribution in [1.82, 2.24) is 14.8 Å². The predicted octanol–water partition coefficient (Wildman–Crippen LogP) is 2.59. The molecule has 2 fully saturated rings. The molecular formula is C23H24N4O2. The maximum atomic E-state index is 12.9. The number of aromatic amines is 1. The predicted molar refractivity (Wildman–Crippen MR) is 113 cm³/mol. The van der Waals surface area contributed by atoms with Crippen LogP contribution in [0.15, 0.2) is 60.8 Å². The maximum absolute atomic E-state index is 12.9. The van der Waals surface area contributed by atoms with Gasteiger partial charge in [-0.05, 0) is 18.2 Å². The Hall–Kier alpha value is -3.28. The summed E-state index contributed by atoms with van der Waals surface area (Å²) in [5.74, 6) is 0.105. The van der Waals surface area contributed by atoms with E-state index in [1.165, 1.54) is 5.69 Å². The fourth-order valence-corrected chi connectivity index (χ4v) is 4.30. The number of likely N-dealkylation sites (tertiary alicyclic amines) is 1. The second kappa shape index (κ2) is 7.28. The number of carbonyl (C=O) groups excluding carboxylic acids is 2. The van der Waals surface area contributed by atoms with Crippen molar-refractivity contribution in [2.45, 2.75) is 0 Å². The number of H-pyrrole nitrogens is 1. The van der Waals surface area contributed by atoms with E-state index in [2.05, 4.69) is 22.0 Å². The standard InChI is InChI=1S/C23H24N4O2/c28-22(26-12-10-25(11-13-26)18-6-2-1-3-7-18)17-15-27(16-17)23(29)20-14-24-21-9-5-4-8-19(20)21/h1-9,14,17,24H,10-13,15-16H2. The first-order valence-electron chi connectivity index (χ1n) is 10.1. The molecule has 29 heavy (non-hydrogen) atoms. The van der Waals surface area contributed by atoms with Gasteiger partial charge < -0.3 is 19.7 Å². The molecule has 2 aliphatic rings. The first-order chi connectivity index (χ1) is 14.2. The van der Waals surface area contributed by atoms with E-state index in [1.54, 1.807) is 11.1 Å². The SMILES string of the molecule is O=C(c1c[nH]c2ccccc12)N1CC(C(=O)N2CCN(c3ccccc3)CC2)C1. The molecule has 2 saturated heterocycles. The van der Waals surface area contributed by atoms with Crippen molar-refractivity contribution in [3.8, 4) is 0 Å². The van der Waals surface area contributed by atoms with E-state index >= 15 is 0 Å². The van der Waals surface area contributed by atoms with E-state index in [0.717, 1.165) is 37.1 Å². The number of aromatic nitrogens is 1. The van der Waals surface area contributed by atoms with E-state index in [9.17, 15) is 9.59 Å². The lowest BCUT2D eigenvalue weighted by Gasteiger charge is -2.43. The van der Waals surface area contributed by atoms with Crippen LogP contribution < -0.4 is 4.90 Å². The zero-order valence-corrected chi connectivity index (χ0v) is 16.3. The Morgan fingerprint density at radius 3 is 2.28 bits per heavy atom. The highest BCUT2D eigenvalue weighted by atomic mass is 16.2. The summed E-state index contributed by atoms with van der Waals surface area (Å²) < 4.78 is 0. The van der Waals surface area contributed by atoms with E-state index in [-0.39, 0.29) is 17.7 Å². The average molecular weight is 388 g/mol. The summed E-state index contributed by atoms with van der Waals surface area (Å²) in [7, 11) is 0. The van der Waals surface area contributed by atoms with Crippen LogP contribution >= 0.6 is 0 Å². The van der Waals surface area contributed by atoms with Gasteiger partial charge >= 0.3 is 0 Å². The van der Waals surface area contributed by atoms with Crippen LogP contribution in [0.25, 0.3) is 10.9 Å². The summed E-state index contributed by atoms with van der Waals surface area (Å²) >= 11 is 0. The smallest absolute Gasteiger partial charge is 0.256 e. The molecule has 6 nitrogen and oxygen atoms in total. The second-order valence-corrected chi connectivity index (χ2v) is 7.80. The molecule has 0 bridgehead atoms. The lowest BCUT2D eigenvalue weighted by molar-refractivity contribution is -0.140. The summed E-state index contributed by atoms with van der Waals surface area (Å²) in [4.78, 5) is 34.9. The van der Waals surface area contributed by atoms with Gasteiger partial charge in [0.15, 0.2) is 0 Å². The van der Waals surface area contributed by atoms with Crippen molar-refractivity contribution in [2.75, 3.05) is 44.2 Å². The van der Waals surface area contributed by atoms with Crippen LogP contribution in [0.4, 0.5) is 5.69 Å². The monoisotopic (exact) mass is 388 g/mol. The fraction of sp³-hybridized carbons (Fsp3) is 0.304. The average Bonchev–Trinajstić information content (AvgIpc) is 3.17. The zero-order chi connectivity index (χ0) is 19.8. The summed E-state index contributed by atoms with van der Waals surface area (Å²) in [6, 6.07) is 18.1. The number of piperazine rings is 1. The lowest BCUT2D eigenvalue weighted by Crippen LogP contribution is -2.59. The van der Waals surface area contributed by atoms with Crippen molar-refractivity contribution < 1.29 is 9.59 Å². The van der Waals surface area contributed by atoms with Gasteiger partial charge in [0.05, 0.1) is 11.5 Å². The Balaban J connectivity index is 1.16. The maximum Gasteiger partial charge on any atom is 0.256 e. The van der Waals surface area contributed by atoms with Gasteiger partial charge in [0.2, 0.25) is 5.91 Å². The van der Waals surface area contributed by atoms with Gasteiger partial charge in [-0.3, -0.25) is 9.59 Å². The van der Waals surface area contributed by atoms with Gasteiger partial charge in [-0.25, -0.2) is 0 Å². The van der Waals surface area contributed by atoms with Gasteiger partial charge in [0, 0.05) is 62.1 Å². The number of nitrogens with one attached hydrogen (secondary N) is 1. The Labute approximate surface area is 169 Å². The first-order valence-corrected chi connectivity index (χ1v) is 10.1. The lowest BCUT2D eigenvalue weighted by atomic mass is 9.96. The number of rotatable bonds is 3. The van der Waals surface area contributed by atoms with Gasteiger partial charge in [0.1, 0.15) is 0 Å². The summed E-state index contributed by atoms with van der Waals surface area (Å²) in [5.41, 5.74) is 2.85. The summed E-state index contributed by atoms with van der Waals surface area (Å²) in [6.45, 7) is 4.19. The molecular weight excluding hydrogens is 364 g/mol. The number of fused-ring (bicyclic) bond motifs is 1. The van der Waals surface area contributed by atoms with Crippen molar-refractivity contribution in [3.05, 3.63) is 66.4 Å². The molecule has 6 heteroatoms. The molecule has 2 amide bonds. The topological polar surface area (TPSA) is 59.7 Å². The molecule has 3 aromatic rings. The summed E-state index contributed by atoms with van der Waals surface area (Å²) in [5, 5.41) is 0.935. The normalized spacial score (nSPS) is 17.4. The van der Waals surface area contributed by atoms with Gasteiger partial charge in [-0.15, -0.1) is 0 Å². The summed E-state index contributed by atoms with van der Waals surface area (Å²) in [6.07, 6.45) is 1.77.